The molecule has 222 valence electrons. The van der Waals surface area contributed by atoms with Gasteiger partial charge in [-0.15, -0.1) is 10.2 Å². The van der Waals surface area contributed by atoms with Gasteiger partial charge in [0.25, 0.3) is 5.91 Å². The average molecular weight is 620 g/mol. The van der Waals surface area contributed by atoms with E-state index >= 15 is 0 Å². The Hall–Kier alpha value is -3.89. The number of amides is 1. The molecule has 2 atom stereocenters. The number of rotatable bonds is 8. The Labute approximate surface area is 244 Å². The minimum Gasteiger partial charge on any atom is -0.490 e. The number of benzene rings is 1. The summed E-state index contributed by atoms with van der Waals surface area (Å²) in [4.78, 5) is 19.1. The highest BCUT2D eigenvalue weighted by atomic mass is 32.2. The van der Waals surface area contributed by atoms with Crippen LogP contribution >= 0.6 is 11.3 Å². The van der Waals surface area contributed by atoms with E-state index in [9.17, 15) is 22.0 Å². The van der Waals surface area contributed by atoms with E-state index in [1.165, 1.54) is 35.3 Å². The lowest BCUT2D eigenvalue weighted by Crippen LogP contribution is -2.42. The van der Waals surface area contributed by atoms with Crippen LogP contribution in [0, 0.1) is 5.82 Å². The van der Waals surface area contributed by atoms with Crippen LogP contribution in [0.1, 0.15) is 41.4 Å². The van der Waals surface area contributed by atoms with Crippen molar-refractivity contribution < 1.29 is 31.5 Å². The van der Waals surface area contributed by atoms with Gasteiger partial charge in [0.1, 0.15) is 40.7 Å². The van der Waals surface area contributed by atoms with Crippen LogP contribution in [0.5, 0.6) is 5.75 Å². The van der Waals surface area contributed by atoms with Crippen molar-refractivity contribution in [1.82, 2.24) is 24.3 Å². The van der Waals surface area contributed by atoms with Crippen molar-refractivity contribution in [3.63, 3.8) is 0 Å². The molecule has 6 rings (SSSR count). The zero-order chi connectivity index (χ0) is 29.4. The van der Waals surface area contributed by atoms with Gasteiger partial charge in [-0.2, -0.15) is 8.42 Å². The fraction of sp³-hybridized carbons (Fsp3) is 0.385. The van der Waals surface area contributed by atoms with Crippen molar-refractivity contribution in [2.45, 2.75) is 37.6 Å². The topological polar surface area (TPSA) is 131 Å². The Bertz CT molecular complexity index is 1700. The van der Waals surface area contributed by atoms with Crippen LogP contribution in [0.4, 0.5) is 19.6 Å². The minimum atomic E-state index is -4.29. The van der Waals surface area contributed by atoms with E-state index in [2.05, 4.69) is 15.2 Å². The van der Waals surface area contributed by atoms with Gasteiger partial charge in [-0.3, -0.25) is 9.20 Å². The summed E-state index contributed by atoms with van der Waals surface area (Å²) in [6.07, 6.45) is 3.05. The lowest BCUT2D eigenvalue weighted by atomic mass is 10.0. The smallest absolute Gasteiger partial charge is 0.328 e. The van der Waals surface area contributed by atoms with E-state index in [4.69, 9.17) is 9.47 Å². The van der Waals surface area contributed by atoms with Gasteiger partial charge in [0.05, 0.1) is 31.1 Å². The molecule has 12 nitrogen and oxygen atoms in total. The molecule has 3 aromatic heterocycles. The molecule has 2 fully saturated rings. The molecule has 4 aromatic rings. The van der Waals surface area contributed by atoms with Crippen molar-refractivity contribution in [2.75, 3.05) is 36.0 Å². The molecule has 0 spiro atoms. The second-order valence-corrected chi connectivity index (χ2v) is 12.5. The highest BCUT2D eigenvalue weighted by molar-refractivity contribution is 7.91. The number of carbonyl (C=O) groups is 1. The predicted octanol–water partition coefficient (Wildman–Crippen LogP) is 3.28. The van der Waals surface area contributed by atoms with Gasteiger partial charge in [-0.1, -0.05) is 11.3 Å². The third-order valence-corrected chi connectivity index (χ3v) is 9.52. The van der Waals surface area contributed by atoms with Gasteiger partial charge in [-0.25, -0.2) is 22.8 Å². The number of nitrogens with one attached hydrogen (secondary N) is 1. The number of aromatic nitrogens is 4. The summed E-state index contributed by atoms with van der Waals surface area (Å²) in [7, 11) is -3.05. The molecule has 1 amide bonds. The third kappa shape index (κ3) is 5.61. The number of halogens is 2. The van der Waals surface area contributed by atoms with Crippen molar-refractivity contribution in [3.05, 3.63) is 65.3 Å². The van der Waals surface area contributed by atoms with Crippen LogP contribution in [0.25, 0.3) is 5.65 Å². The third-order valence-electron chi connectivity index (χ3n) is 7.30. The molecule has 42 heavy (non-hydrogen) atoms. The SMILES string of the molecule is CN(c1nncs1)S(=O)(=O)NC(=O)c1cnc2ccc(N3CC(F)CC3c3cc(F)ccc3OC3CCOCC3)cn12. The lowest BCUT2D eigenvalue weighted by molar-refractivity contribution is 0.0250. The monoisotopic (exact) mass is 619 g/mol. The fourth-order valence-electron chi connectivity index (χ4n) is 5.18. The van der Waals surface area contributed by atoms with Crippen LogP contribution in [0.15, 0.2) is 48.2 Å². The first kappa shape index (κ1) is 28.2. The van der Waals surface area contributed by atoms with Crippen molar-refractivity contribution in [2.24, 2.45) is 0 Å². The summed E-state index contributed by atoms with van der Waals surface area (Å²) in [5.41, 5.74) is 2.75. The van der Waals surface area contributed by atoms with E-state index in [0.717, 1.165) is 15.6 Å². The molecule has 0 bridgehead atoms. The number of anilines is 2. The van der Waals surface area contributed by atoms with Gasteiger partial charge < -0.3 is 14.4 Å². The molecule has 1 aromatic carbocycles. The summed E-state index contributed by atoms with van der Waals surface area (Å²) in [6, 6.07) is 7.09. The first-order chi connectivity index (χ1) is 20.2. The largest absolute Gasteiger partial charge is 0.490 e. The normalized spacial score (nSPS) is 19.7. The van der Waals surface area contributed by atoms with Crippen LogP contribution in [-0.2, 0) is 14.9 Å². The number of nitrogens with zero attached hydrogens (tertiary/aromatic N) is 6. The minimum absolute atomic E-state index is 0.0284. The lowest BCUT2D eigenvalue weighted by Gasteiger charge is -2.30. The maximum Gasteiger partial charge on any atom is 0.328 e. The predicted molar refractivity (Wildman–Crippen MR) is 150 cm³/mol. The van der Waals surface area contributed by atoms with Crippen LogP contribution in [-0.4, -0.2) is 73.0 Å². The number of hydrogen-bond acceptors (Lipinski definition) is 10. The fourth-order valence-corrected chi connectivity index (χ4v) is 6.75. The zero-order valence-corrected chi connectivity index (χ0v) is 24.0. The molecule has 2 aliphatic rings. The Morgan fingerprint density at radius 2 is 2.05 bits per heavy atom. The number of carbonyl (C=O) groups excluding carboxylic acids is 1. The number of imidazole rings is 1. The quantitative estimate of drug-likeness (QED) is 0.316. The second kappa shape index (κ2) is 11.4. The highest BCUT2D eigenvalue weighted by Gasteiger charge is 2.36. The van der Waals surface area contributed by atoms with Crippen molar-refractivity contribution >= 4 is 43.9 Å². The average Bonchev–Trinajstić information content (AvgIpc) is 3.73. The molecule has 0 radical (unpaired) electrons. The zero-order valence-electron chi connectivity index (χ0n) is 22.4. The summed E-state index contributed by atoms with van der Waals surface area (Å²) in [5, 5.41) is 7.41. The van der Waals surface area contributed by atoms with E-state index < -0.39 is 34.1 Å². The van der Waals surface area contributed by atoms with Crippen LogP contribution in [0.2, 0.25) is 0 Å². The molecule has 5 heterocycles. The molecule has 16 heteroatoms. The molecule has 0 aliphatic carbocycles. The first-order valence-corrected chi connectivity index (χ1v) is 15.5. The molecular formula is C26H27F2N7O5S2. The molecule has 2 aliphatic heterocycles. The van der Waals surface area contributed by atoms with Crippen LogP contribution < -0.4 is 18.7 Å². The summed E-state index contributed by atoms with van der Waals surface area (Å²) >= 11 is 0.992. The molecule has 2 unspecified atom stereocenters. The number of pyridine rings is 1. The van der Waals surface area contributed by atoms with Crippen LogP contribution in [0.3, 0.4) is 0 Å². The van der Waals surface area contributed by atoms with Gasteiger partial charge in [0.15, 0.2) is 0 Å². The first-order valence-electron chi connectivity index (χ1n) is 13.2. The van der Waals surface area contributed by atoms with E-state index in [1.807, 2.05) is 4.72 Å². The van der Waals surface area contributed by atoms with Crippen molar-refractivity contribution in [1.29, 1.82) is 0 Å². The van der Waals surface area contributed by atoms with Gasteiger partial charge in [0, 0.05) is 44.6 Å². The number of fused-ring (bicyclic) bond motifs is 1. The second-order valence-electron chi connectivity index (χ2n) is 10.00. The van der Waals surface area contributed by atoms with Crippen molar-refractivity contribution in [3.8, 4) is 5.75 Å². The Kier molecular flexibility index (Phi) is 7.67. The maximum atomic E-state index is 15.0. The Morgan fingerprint density at radius 1 is 1.24 bits per heavy atom. The van der Waals surface area contributed by atoms with E-state index in [-0.39, 0.29) is 29.9 Å². The standard InChI is InChI=1S/C26H27F2N7O5S2/c1-33(26-31-30-15-41-26)42(37,38)32-25(36)22-12-29-24-5-3-18(14-35(22)24)34-13-17(28)11-21(34)20-10-16(27)2-4-23(20)40-19-6-8-39-9-7-19/h2-5,10,12,14-15,17,19,21H,6-9,11,13H2,1H3,(H,32,36). The molecule has 2 saturated heterocycles. The summed E-state index contributed by atoms with van der Waals surface area (Å²) < 4.78 is 71.0. The van der Waals surface area contributed by atoms with E-state index in [1.54, 1.807) is 29.3 Å². The number of hydrogen-bond donors (Lipinski definition) is 1. The van der Waals surface area contributed by atoms with Gasteiger partial charge in [-0.05, 0) is 30.3 Å². The van der Waals surface area contributed by atoms with E-state index in [0.29, 0.717) is 48.7 Å². The number of ether oxygens (including phenoxy) is 2. The van der Waals surface area contributed by atoms with Gasteiger partial charge >= 0.3 is 10.2 Å². The van der Waals surface area contributed by atoms with Gasteiger partial charge in [0.2, 0.25) is 5.13 Å². The summed E-state index contributed by atoms with van der Waals surface area (Å²) in [6.45, 7) is 1.17. The highest BCUT2D eigenvalue weighted by Crippen LogP contribution is 2.42. The summed E-state index contributed by atoms with van der Waals surface area (Å²) in [5.74, 6) is -0.897. The molecule has 0 saturated carbocycles. The number of alkyl halides is 1. The molecule has 1 N–H and O–H groups in total. The Balaban J connectivity index is 1.30. The Morgan fingerprint density at radius 3 is 2.81 bits per heavy atom. The maximum absolute atomic E-state index is 15.0. The molecular weight excluding hydrogens is 592 g/mol.